The molecule has 0 aliphatic carbocycles. The molecule has 1 fully saturated rings. The van der Waals surface area contributed by atoms with Gasteiger partial charge in [-0.15, -0.1) is 11.3 Å². The Kier molecular flexibility index (Phi) is 4.63. The second-order valence-electron chi connectivity index (χ2n) is 5.99. The van der Waals surface area contributed by atoms with Crippen LogP contribution in [0.15, 0.2) is 54.0 Å². The number of aromatic nitrogens is 2. The first-order chi connectivity index (χ1) is 12.3. The SMILES string of the molecule is O=C(NC[C@@H]1CCCO1)c1cn(-c2ccccc2)nc1-c1cccs1. The maximum absolute atomic E-state index is 12.7. The fourth-order valence-electron chi connectivity index (χ4n) is 2.96. The highest BCUT2D eigenvalue weighted by Crippen LogP contribution is 2.27. The first-order valence-electron chi connectivity index (χ1n) is 8.40. The third-order valence-electron chi connectivity index (χ3n) is 4.25. The summed E-state index contributed by atoms with van der Waals surface area (Å²) in [5.74, 6) is -0.110. The Labute approximate surface area is 150 Å². The molecule has 3 aromatic rings. The summed E-state index contributed by atoms with van der Waals surface area (Å²) >= 11 is 1.58. The number of nitrogens with one attached hydrogen (secondary N) is 1. The minimum Gasteiger partial charge on any atom is -0.376 e. The summed E-state index contributed by atoms with van der Waals surface area (Å²) in [6.45, 7) is 1.33. The van der Waals surface area contributed by atoms with Gasteiger partial charge in [0, 0.05) is 19.3 Å². The zero-order valence-corrected chi connectivity index (χ0v) is 14.5. The predicted octanol–water partition coefficient (Wildman–Crippen LogP) is 3.51. The molecule has 2 aromatic heterocycles. The molecule has 4 rings (SSSR count). The van der Waals surface area contributed by atoms with Crippen molar-refractivity contribution >= 4 is 17.2 Å². The number of carbonyl (C=O) groups is 1. The quantitative estimate of drug-likeness (QED) is 0.764. The number of carbonyl (C=O) groups excluding carboxylic acids is 1. The van der Waals surface area contributed by atoms with Gasteiger partial charge in [-0.1, -0.05) is 24.3 Å². The molecule has 1 aliphatic heterocycles. The van der Waals surface area contributed by atoms with Gasteiger partial charge in [-0.3, -0.25) is 4.79 Å². The minimum absolute atomic E-state index is 0.110. The van der Waals surface area contributed by atoms with Crippen LogP contribution in [0, 0.1) is 0 Å². The van der Waals surface area contributed by atoms with Crippen LogP contribution >= 0.6 is 11.3 Å². The molecule has 5 nitrogen and oxygen atoms in total. The summed E-state index contributed by atoms with van der Waals surface area (Å²) in [7, 11) is 0. The van der Waals surface area contributed by atoms with Crippen LogP contribution in [-0.2, 0) is 4.74 Å². The van der Waals surface area contributed by atoms with E-state index in [-0.39, 0.29) is 12.0 Å². The smallest absolute Gasteiger partial charge is 0.255 e. The van der Waals surface area contributed by atoms with Crippen LogP contribution in [0.4, 0.5) is 0 Å². The molecule has 1 atom stereocenters. The molecule has 0 radical (unpaired) electrons. The highest BCUT2D eigenvalue weighted by atomic mass is 32.1. The molecule has 1 aromatic carbocycles. The van der Waals surface area contributed by atoms with E-state index in [9.17, 15) is 4.79 Å². The molecule has 1 aliphatic rings. The fraction of sp³-hybridized carbons (Fsp3) is 0.263. The number of hydrogen-bond acceptors (Lipinski definition) is 4. The number of thiophene rings is 1. The number of amides is 1. The van der Waals surface area contributed by atoms with Crippen LogP contribution in [0.3, 0.4) is 0 Å². The molecule has 25 heavy (non-hydrogen) atoms. The lowest BCUT2D eigenvalue weighted by Gasteiger charge is -2.10. The summed E-state index contributed by atoms with van der Waals surface area (Å²) in [5, 5.41) is 9.65. The molecule has 0 saturated carbocycles. The molecule has 1 amide bonds. The summed E-state index contributed by atoms with van der Waals surface area (Å²) in [4.78, 5) is 13.7. The molecule has 0 spiro atoms. The first kappa shape index (κ1) is 16.1. The maximum Gasteiger partial charge on any atom is 0.255 e. The first-order valence-corrected chi connectivity index (χ1v) is 9.28. The molecule has 1 N–H and O–H groups in total. The van der Waals surface area contributed by atoms with E-state index in [1.54, 1.807) is 22.2 Å². The van der Waals surface area contributed by atoms with Gasteiger partial charge in [0.2, 0.25) is 0 Å². The van der Waals surface area contributed by atoms with Crippen LogP contribution in [0.2, 0.25) is 0 Å². The van der Waals surface area contributed by atoms with Crippen molar-refractivity contribution in [3.05, 3.63) is 59.6 Å². The summed E-state index contributed by atoms with van der Waals surface area (Å²) in [5.41, 5.74) is 2.23. The van der Waals surface area contributed by atoms with E-state index in [1.165, 1.54) is 0 Å². The lowest BCUT2D eigenvalue weighted by atomic mass is 10.2. The van der Waals surface area contributed by atoms with Gasteiger partial charge in [-0.25, -0.2) is 4.68 Å². The molecule has 6 heteroatoms. The number of para-hydroxylation sites is 1. The number of benzene rings is 1. The average molecular weight is 353 g/mol. The van der Waals surface area contributed by atoms with E-state index in [4.69, 9.17) is 4.74 Å². The number of nitrogens with zero attached hydrogens (tertiary/aromatic N) is 2. The predicted molar refractivity (Wildman–Crippen MR) is 98.2 cm³/mol. The van der Waals surface area contributed by atoms with Gasteiger partial charge in [-0.05, 0) is 36.4 Å². The molecule has 128 valence electrons. The Morgan fingerprint density at radius 2 is 2.16 bits per heavy atom. The Hall–Kier alpha value is -2.44. The van der Waals surface area contributed by atoms with Crippen molar-refractivity contribution in [1.29, 1.82) is 0 Å². The lowest BCUT2D eigenvalue weighted by Crippen LogP contribution is -2.31. The second kappa shape index (κ2) is 7.21. The van der Waals surface area contributed by atoms with E-state index in [0.29, 0.717) is 17.8 Å². The van der Waals surface area contributed by atoms with Gasteiger partial charge in [-0.2, -0.15) is 5.10 Å². The monoisotopic (exact) mass is 353 g/mol. The topological polar surface area (TPSA) is 56.1 Å². The maximum atomic E-state index is 12.7. The third-order valence-corrected chi connectivity index (χ3v) is 5.13. The standard InChI is InChI=1S/C19H19N3O2S/c23-19(20-12-15-8-4-10-24-15)16-13-22(14-6-2-1-3-7-14)21-18(16)17-9-5-11-25-17/h1-3,5-7,9,11,13,15H,4,8,10,12H2,(H,20,23)/t15-/m0/s1. The fourth-order valence-corrected chi connectivity index (χ4v) is 3.68. The molecular weight excluding hydrogens is 334 g/mol. The van der Waals surface area contributed by atoms with Gasteiger partial charge in [0.05, 0.1) is 22.2 Å². The summed E-state index contributed by atoms with van der Waals surface area (Å²) in [6.07, 6.45) is 3.99. The van der Waals surface area contributed by atoms with Gasteiger partial charge in [0.25, 0.3) is 5.91 Å². The highest BCUT2D eigenvalue weighted by Gasteiger charge is 2.21. The Morgan fingerprint density at radius 1 is 1.28 bits per heavy atom. The Balaban J connectivity index is 1.62. The van der Waals surface area contributed by atoms with Crippen LogP contribution in [0.25, 0.3) is 16.3 Å². The lowest BCUT2D eigenvalue weighted by molar-refractivity contribution is 0.0858. The third kappa shape index (κ3) is 3.50. The summed E-state index contributed by atoms with van der Waals surface area (Å²) < 4.78 is 7.34. The van der Waals surface area contributed by atoms with Crippen molar-refractivity contribution in [2.75, 3.05) is 13.2 Å². The van der Waals surface area contributed by atoms with Crippen molar-refractivity contribution in [2.45, 2.75) is 18.9 Å². The van der Waals surface area contributed by atoms with Crippen LogP contribution in [0.1, 0.15) is 23.2 Å². The van der Waals surface area contributed by atoms with Gasteiger partial charge in [0.15, 0.2) is 0 Å². The van der Waals surface area contributed by atoms with Crippen molar-refractivity contribution in [1.82, 2.24) is 15.1 Å². The minimum atomic E-state index is -0.110. The number of ether oxygens (including phenoxy) is 1. The van der Waals surface area contributed by atoms with E-state index in [1.807, 2.05) is 47.8 Å². The van der Waals surface area contributed by atoms with Crippen LogP contribution in [0.5, 0.6) is 0 Å². The molecule has 1 saturated heterocycles. The van der Waals surface area contributed by atoms with Gasteiger partial charge < -0.3 is 10.1 Å². The second-order valence-corrected chi connectivity index (χ2v) is 6.94. The normalized spacial score (nSPS) is 16.9. The average Bonchev–Trinajstić information content (AvgIpc) is 3.41. The van der Waals surface area contributed by atoms with E-state index >= 15 is 0 Å². The van der Waals surface area contributed by atoms with E-state index in [0.717, 1.165) is 30.0 Å². The number of rotatable bonds is 5. The Bertz CT molecular complexity index is 837. The van der Waals surface area contributed by atoms with Crippen molar-refractivity contribution in [3.63, 3.8) is 0 Å². The molecular formula is C19H19N3O2S. The van der Waals surface area contributed by atoms with Crippen molar-refractivity contribution in [3.8, 4) is 16.3 Å². The van der Waals surface area contributed by atoms with Gasteiger partial charge >= 0.3 is 0 Å². The number of hydrogen-bond donors (Lipinski definition) is 1. The molecule has 3 heterocycles. The molecule has 0 unspecified atom stereocenters. The summed E-state index contributed by atoms with van der Waals surface area (Å²) in [6, 6.07) is 13.8. The largest absolute Gasteiger partial charge is 0.376 e. The van der Waals surface area contributed by atoms with Crippen LogP contribution < -0.4 is 5.32 Å². The van der Waals surface area contributed by atoms with Crippen molar-refractivity contribution < 1.29 is 9.53 Å². The van der Waals surface area contributed by atoms with E-state index < -0.39 is 0 Å². The molecule has 0 bridgehead atoms. The van der Waals surface area contributed by atoms with Gasteiger partial charge in [0.1, 0.15) is 5.69 Å². The Morgan fingerprint density at radius 3 is 2.88 bits per heavy atom. The van der Waals surface area contributed by atoms with Crippen molar-refractivity contribution in [2.24, 2.45) is 0 Å². The zero-order chi connectivity index (χ0) is 17.1. The van der Waals surface area contributed by atoms with Crippen LogP contribution in [-0.4, -0.2) is 34.9 Å². The zero-order valence-electron chi connectivity index (χ0n) is 13.7. The van der Waals surface area contributed by atoms with E-state index in [2.05, 4.69) is 10.4 Å². The highest BCUT2D eigenvalue weighted by molar-refractivity contribution is 7.13.